The fourth-order valence-electron chi connectivity index (χ4n) is 2.70. The van der Waals surface area contributed by atoms with Crippen LogP contribution in [-0.2, 0) is 10.0 Å². The lowest BCUT2D eigenvalue weighted by atomic mass is 10.3. The number of sulfonamides is 1. The number of rotatable bonds is 6. The molecule has 0 aliphatic heterocycles. The van der Waals surface area contributed by atoms with Crippen LogP contribution in [0.5, 0.6) is 0 Å². The molecule has 0 amide bonds. The molecule has 0 bridgehead atoms. The van der Waals surface area contributed by atoms with E-state index in [1.807, 2.05) is 0 Å². The number of aromatic nitrogens is 3. The minimum absolute atomic E-state index is 0.00657. The van der Waals surface area contributed by atoms with Crippen LogP contribution in [0, 0.1) is 0 Å². The summed E-state index contributed by atoms with van der Waals surface area (Å²) in [5, 5.41) is 7.55. The largest absolute Gasteiger partial charge is 0.369 e. The van der Waals surface area contributed by atoms with Crippen LogP contribution >= 0.6 is 27.5 Å². The number of hydrogen-bond acceptors (Lipinski definition) is 5. The van der Waals surface area contributed by atoms with Gasteiger partial charge in [-0.3, -0.25) is 0 Å². The molecule has 1 aliphatic rings. The summed E-state index contributed by atoms with van der Waals surface area (Å²) in [6.07, 6.45) is 5.64. The van der Waals surface area contributed by atoms with Crippen LogP contribution in [0.2, 0.25) is 5.15 Å². The predicted octanol–water partition coefficient (Wildman–Crippen LogP) is 2.42. The van der Waals surface area contributed by atoms with Crippen LogP contribution in [-0.4, -0.2) is 41.4 Å². The highest BCUT2D eigenvalue weighted by atomic mass is 79.9. The minimum Gasteiger partial charge on any atom is -0.369 e. The van der Waals surface area contributed by atoms with Crippen molar-refractivity contribution in [1.82, 2.24) is 19.3 Å². The number of anilines is 1. The Bertz CT molecular complexity index is 804. The quantitative estimate of drug-likeness (QED) is 0.698. The molecule has 1 saturated carbocycles. The molecule has 0 atom stereocenters. The molecule has 23 heavy (non-hydrogen) atoms. The first kappa shape index (κ1) is 16.9. The molecule has 2 aromatic heterocycles. The van der Waals surface area contributed by atoms with Gasteiger partial charge in [-0.1, -0.05) is 24.4 Å². The predicted molar refractivity (Wildman–Crippen MR) is 93.4 cm³/mol. The molecule has 0 saturated heterocycles. The van der Waals surface area contributed by atoms with Gasteiger partial charge >= 0.3 is 0 Å². The van der Waals surface area contributed by atoms with Gasteiger partial charge in [-0.25, -0.2) is 18.1 Å². The summed E-state index contributed by atoms with van der Waals surface area (Å²) < 4.78 is 29.2. The molecule has 2 N–H and O–H groups in total. The van der Waals surface area contributed by atoms with Crippen LogP contribution in [0.1, 0.15) is 25.7 Å². The van der Waals surface area contributed by atoms with Gasteiger partial charge in [0.1, 0.15) is 11.0 Å². The molecule has 0 unspecified atom stereocenters. The van der Waals surface area contributed by atoms with E-state index in [9.17, 15) is 8.42 Å². The van der Waals surface area contributed by atoms with Crippen LogP contribution in [0.4, 0.5) is 5.82 Å². The van der Waals surface area contributed by atoms with E-state index in [1.165, 1.54) is 0 Å². The lowest BCUT2D eigenvalue weighted by molar-refractivity contribution is 0.552. The van der Waals surface area contributed by atoms with Gasteiger partial charge in [-0.05, 0) is 28.8 Å². The van der Waals surface area contributed by atoms with Crippen molar-refractivity contribution in [2.45, 2.75) is 31.7 Å². The number of fused-ring (bicyclic) bond motifs is 1. The van der Waals surface area contributed by atoms with E-state index >= 15 is 0 Å². The molecule has 7 nitrogen and oxygen atoms in total. The average molecular weight is 423 g/mol. The molecular weight excluding hydrogens is 406 g/mol. The first-order valence-corrected chi connectivity index (χ1v) is 10.2. The third kappa shape index (κ3) is 4.14. The summed E-state index contributed by atoms with van der Waals surface area (Å²) >= 11 is 9.34. The number of halogens is 2. The van der Waals surface area contributed by atoms with Gasteiger partial charge in [0.25, 0.3) is 0 Å². The second-order valence-corrected chi connectivity index (χ2v) is 8.65. The standard InChI is InChI=1S/C13H17BrClN5O2S/c14-10-8-17-20-12(7-11(15)18-13(10)20)16-5-6-23(21,22)19-9-3-1-2-4-9/h7-9,16,19H,1-6H2. The van der Waals surface area contributed by atoms with E-state index in [1.54, 1.807) is 16.8 Å². The van der Waals surface area contributed by atoms with Gasteiger partial charge in [0.2, 0.25) is 10.0 Å². The third-order valence-electron chi connectivity index (χ3n) is 3.78. The van der Waals surface area contributed by atoms with Crippen molar-refractivity contribution in [2.75, 3.05) is 17.6 Å². The van der Waals surface area contributed by atoms with Gasteiger partial charge in [0.05, 0.1) is 16.4 Å². The topological polar surface area (TPSA) is 88.4 Å². The van der Waals surface area contributed by atoms with Gasteiger partial charge in [0.15, 0.2) is 5.65 Å². The Labute approximate surface area is 148 Å². The van der Waals surface area contributed by atoms with Crippen LogP contribution < -0.4 is 10.0 Å². The van der Waals surface area contributed by atoms with Crippen molar-refractivity contribution in [3.8, 4) is 0 Å². The molecule has 1 fully saturated rings. The Balaban J connectivity index is 1.64. The normalized spacial score (nSPS) is 16.3. The fourth-order valence-corrected chi connectivity index (χ4v) is 4.47. The second-order valence-electron chi connectivity index (χ2n) is 5.54. The average Bonchev–Trinajstić information content (AvgIpc) is 3.09. The van der Waals surface area contributed by atoms with Crippen LogP contribution in [0.25, 0.3) is 5.65 Å². The zero-order valence-corrected chi connectivity index (χ0v) is 15.5. The molecule has 2 heterocycles. The SMILES string of the molecule is O=S(=O)(CCNc1cc(Cl)nc2c(Br)cnn12)NC1CCCC1. The number of nitrogens with zero attached hydrogens (tertiary/aromatic N) is 3. The molecule has 0 radical (unpaired) electrons. The fraction of sp³-hybridized carbons (Fsp3) is 0.538. The van der Waals surface area contributed by atoms with E-state index in [-0.39, 0.29) is 18.3 Å². The summed E-state index contributed by atoms with van der Waals surface area (Å²) in [7, 11) is -3.29. The highest BCUT2D eigenvalue weighted by molar-refractivity contribution is 9.10. The van der Waals surface area contributed by atoms with E-state index in [2.05, 4.69) is 36.1 Å². The van der Waals surface area contributed by atoms with Crippen molar-refractivity contribution in [2.24, 2.45) is 0 Å². The first-order valence-electron chi connectivity index (χ1n) is 7.38. The highest BCUT2D eigenvalue weighted by Crippen LogP contribution is 2.22. The van der Waals surface area contributed by atoms with Gasteiger partial charge < -0.3 is 5.32 Å². The molecule has 2 aromatic rings. The Hall–Kier alpha value is -0.900. The molecular formula is C13H17BrClN5O2S. The summed E-state index contributed by atoms with van der Waals surface area (Å²) in [6, 6.07) is 1.70. The summed E-state index contributed by atoms with van der Waals surface area (Å²) in [5.74, 6) is 0.592. The molecule has 10 heteroatoms. The van der Waals surface area contributed by atoms with E-state index < -0.39 is 10.0 Å². The maximum Gasteiger partial charge on any atom is 0.213 e. The zero-order valence-electron chi connectivity index (χ0n) is 12.3. The molecule has 126 valence electrons. The molecule has 0 spiro atoms. The maximum absolute atomic E-state index is 12.1. The third-order valence-corrected chi connectivity index (χ3v) is 5.96. The van der Waals surface area contributed by atoms with E-state index in [0.29, 0.717) is 16.6 Å². The number of nitrogens with one attached hydrogen (secondary N) is 2. The van der Waals surface area contributed by atoms with E-state index in [4.69, 9.17) is 11.6 Å². The van der Waals surface area contributed by atoms with Gasteiger partial charge in [-0.15, -0.1) is 0 Å². The highest BCUT2D eigenvalue weighted by Gasteiger charge is 2.21. The Kier molecular flexibility index (Phi) is 5.10. The monoisotopic (exact) mass is 421 g/mol. The minimum atomic E-state index is -3.29. The Morgan fingerprint density at radius 1 is 1.39 bits per heavy atom. The van der Waals surface area contributed by atoms with Crippen molar-refractivity contribution < 1.29 is 8.42 Å². The molecule has 0 aromatic carbocycles. The lowest BCUT2D eigenvalue weighted by Crippen LogP contribution is -2.36. The summed E-state index contributed by atoms with van der Waals surface area (Å²) in [4.78, 5) is 4.17. The maximum atomic E-state index is 12.1. The summed E-state index contributed by atoms with van der Waals surface area (Å²) in [5.41, 5.74) is 0.576. The Morgan fingerprint density at radius 3 is 2.87 bits per heavy atom. The summed E-state index contributed by atoms with van der Waals surface area (Å²) in [6.45, 7) is 0.259. The second kappa shape index (κ2) is 6.92. The number of hydrogen-bond donors (Lipinski definition) is 2. The smallest absolute Gasteiger partial charge is 0.213 e. The van der Waals surface area contributed by atoms with Gasteiger partial charge in [0, 0.05) is 18.7 Å². The molecule has 3 rings (SSSR count). The zero-order chi connectivity index (χ0) is 16.4. The van der Waals surface area contributed by atoms with Crippen molar-refractivity contribution >= 4 is 49.0 Å². The Morgan fingerprint density at radius 2 is 2.13 bits per heavy atom. The van der Waals surface area contributed by atoms with Crippen molar-refractivity contribution in [3.05, 3.63) is 21.9 Å². The van der Waals surface area contributed by atoms with Crippen LogP contribution in [0.3, 0.4) is 0 Å². The lowest BCUT2D eigenvalue weighted by Gasteiger charge is -2.13. The van der Waals surface area contributed by atoms with Crippen molar-refractivity contribution in [3.63, 3.8) is 0 Å². The molecule has 1 aliphatic carbocycles. The van der Waals surface area contributed by atoms with Gasteiger partial charge in [-0.2, -0.15) is 9.61 Å². The van der Waals surface area contributed by atoms with Crippen molar-refractivity contribution in [1.29, 1.82) is 0 Å². The van der Waals surface area contributed by atoms with E-state index in [0.717, 1.165) is 30.2 Å². The first-order chi connectivity index (χ1) is 10.9. The van der Waals surface area contributed by atoms with Crippen LogP contribution in [0.15, 0.2) is 16.7 Å².